The number of amides is 1. The predicted molar refractivity (Wildman–Crippen MR) is 123 cm³/mol. The first-order valence-corrected chi connectivity index (χ1v) is 10.3. The minimum atomic E-state index is 0.167. The number of fused-ring (bicyclic) bond motifs is 2. The highest BCUT2D eigenvalue weighted by Crippen LogP contribution is 2.44. The summed E-state index contributed by atoms with van der Waals surface area (Å²) >= 11 is 0. The van der Waals surface area contributed by atoms with E-state index in [4.69, 9.17) is 18.9 Å². The maximum Gasteiger partial charge on any atom is 0.231 e. The van der Waals surface area contributed by atoms with Crippen LogP contribution in [0.1, 0.15) is 5.56 Å². The number of methoxy groups -OCH3 is 2. The molecule has 0 radical (unpaired) electrons. The van der Waals surface area contributed by atoms with Crippen LogP contribution in [0, 0.1) is 6.92 Å². The molecule has 2 heterocycles. The summed E-state index contributed by atoms with van der Waals surface area (Å²) in [5, 5.41) is 0.812. The molecule has 0 unspecified atom stereocenters. The molecule has 8 heteroatoms. The first kappa shape index (κ1) is 21.7. The quantitative estimate of drug-likeness (QED) is 0.500. The van der Waals surface area contributed by atoms with Crippen molar-refractivity contribution < 1.29 is 23.7 Å². The topological polar surface area (TPSA) is 73.4 Å². The van der Waals surface area contributed by atoms with E-state index in [-0.39, 0.29) is 6.79 Å². The molecule has 0 fully saturated rings. The molecule has 0 saturated heterocycles. The van der Waals surface area contributed by atoms with E-state index in [1.807, 2.05) is 50.2 Å². The third-order valence-electron chi connectivity index (χ3n) is 5.56. The molecule has 3 aromatic rings. The van der Waals surface area contributed by atoms with E-state index in [0.29, 0.717) is 36.1 Å². The van der Waals surface area contributed by atoms with Crippen LogP contribution in [0.3, 0.4) is 0 Å². The number of ether oxygens (including phenoxy) is 4. The monoisotopic (exact) mass is 437 g/mol. The van der Waals surface area contributed by atoms with Crippen LogP contribution >= 0.6 is 0 Å². The lowest BCUT2D eigenvalue weighted by molar-refractivity contribution is -0.107. The number of rotatable bonds is 8. The summed E-state index contributed by atoms with van der Waals surface area (Å²) in [6, 6.07) is 7.59. The van der Waals surface area contributed by atoms with Gasteiger partial charge in [0.2, 0.25) is 13.2 Å². The summed E-state index contributed by atoms with van der Waals surface area (Å²) in [4.78, 5) is 20.7. The molecule has 1 aliphatic heterocycles. The van der Waals surface area contributed by atoms with E-state index in [9.17, 15) is 4.79 Å². The average Bonchev–Trinajstić information content (AvgIpc) is 3.25. The van der Waals surface area contributed by atoms with E-state index >= 15 is 0 Å². The highest BCUT2D eigenvalue weighted by Gasteiger charge is 2.23. The Hall–Kier alpha value is -3.52. The molecule has 0 spiro atoms. The van der Waals surface area contributed by atoms with E-state index in [1.54, 1.807) is 25.3 Å². The van der Waals surface area contributed by atoms with E-state index in [2.05, 4.69) is 4.98 Å². The molecule has 1 amide bonds. The second-order valence-corrected chi connectivity index (χ2v) is 7.87. The Morgan fingerprint density at radius 2 is 1.69 bits per heavy atom. The Morgan fingerprint density at radius 1 is 1.00 bits per heavy atom. The number of nitrogens with zero attached hydrogens (tertiary/aromatic N) is 3. The molecule has 8 nitrogen and oxygen atoms in total. The Morgan fingerprint density at radius 3 is 2.34 bits per heavy atom. The number of hydrogen-bond donors (Lipinski definition) is 0. The first-order valence-electron chi connectivity index (χ1n) is 10.3. The lowest BCUT2D eigenvalue weighted by Crippen LogP contribution is -2.31. The SMILES string of the molecule is COc1cc(C)c(-c2cnc3cc4c(cc3c2N(C=O)CCN(C)C)OCO4)cc1OC. The van der Waals surface area contributed by atoms with E-state index in [1.165, 1.54) is 0 Å². The Labute approximate surface area is 187 Å². The van der Waals surface area contributed by atoms with Crippen molar-refractivity contribution in [1.82, 2.24) is 9.88 Å². The zero-order valence-electron chi connectivity index (χ0n) is 19.0. The zero-order chi connectivity index (χ0) is 22.8. The van der Waals surface area contributed by atoms with Crippen molar-refractivity contribution >= 4 is 23.0 Å². The van der Waals surface area contributed by atoms with Gasteiger partial charge in [0.25, 0.3) is 0 Å². The van der Waals surface area contributed by atoms with E-state index in [0.717, 1.165) is 39.7 Å². The molecule has 1 aromatic heterocycles. The molecular formula is C24H27N3O5. The lowest BCUT2D eigenvalue weighted by Gasteiger charge is -2.25. The molecule has 0 saturated carbocycles. The van der Waals surface area contributed by atoms with Crippen molar-refractivity contribution in [3.8, 4) is 34.1 Å². The van der Waals surface area contributed by atoms with Gasteiger partial charge in [0.1, 0.15) is 0 Å². The number of benzene rings is 2. The van der Waals surface area contributed by atoms with Gasteiger partial charge >= 0.3 is 0 Å². The molecule has 0 aliphatic carbocycles. The van der Waals surface area contributed by atoms with Gasteiger partial charge in [0.05, 0.1) is 25.4 Å². The van der Waals surface area contributed by atoms with Crippen LogP contribution in [0.5, 0.6) is 23.0 Å². The Bertz CT molecular complexity index is 1160. The van der Waals surface area contributed by atoms with Gasteiger partial charge in [-0.05, 0) is 50.3 Å². The van der Waals surface area contributed by atoms with Crippen molar-refractivity contribution in [3.05, 3.63) is 36.0 Å². The molecule has 168 valence electrons. The molecule has 0 N–H and O–H groups in total. The fraction of sp³-hybridized carbons (Fsp3) is 0.333. The molecule has 0 bridgehead atoms. The second-order valence-electron chi connectivity index (χ2n) is 7.87. The molecule has 2 aromatic carbocycles. The third-order valence-corrected chi connectivity index (χ3v) is 5.56. The molecule has 32 heavy (non-hydrogen) atoms. The molecule has 4 rings (SSSR count). The summed E-state index contributed by atoms with van der Waals surface area (Å²) < 4.78 is 22.1. The number of aryl methyl sites for hydroxylation is 1. The number of carbonyl (C=O) groups is 1. The average molecular weight is 437 g/mol. The van der Waals surface area contributed by atoms with Gasteiger partial charge in [0.15, 0.2) is 23.0 Å². The minimum absolute atomic E-state index is 0.167. The number of likely N-dealkylation sites (N-methyl/N-ethyl adjacent to an activating group) is 1. The van der Waals surface area contributed by atoms with Crippen LogP contribution in [0.25, 0.3) is 22.0 Å². The number of hydrogen-bond acceptors (Lipinski definition) is 7. The number of anilines is 1. The first-order chi connectivity index (χ1) is 15.5. The lowest BCUT2D eigenvalue weighted by atomic mass is 9.96. The van der Waals surface area contributed by atoms with Crippen molar-refractivity contribution in [2.24, 2.45) is 0 Å². The van der Waals surface area contributed by atoms with Crippen molar-refractivity contribution in [2.75, 3.05) is 53.1 Å². The fourth-order valence-electron chi connectivity index (χ4n) is 3.87. The number of aromatic nitrogens is 1. The maximum absolute atomic E-state index is 12.3. The molecular weight excluding hydrogens is 410 g/mol. The number of pyridine rings is 1. The van der Waals surface area contributed by atoms with Crippen molar-refractivity contribution in [3.63, 3.8) is 0 Å². The second kappa shape index (κ2) is 8.92. The van der Waals surface area contributed by atoms with Gasteiger partial charge in [-0.3, -0.25) is 9.78 Å². The maximum atomic E-state index is 12.3. The summed E-state index contributed by atoms with van der Waals surface area (Å²) in [6.07, 6.45) is 2.66. The van der Waals surface area contributed by atoms with Gasteiger partial charge < -0.3 is 28.7 Å². The Kier molecular flexibility index (Phi) is 6.05. The highest BCUT2D eigenvalue weighted by molar-refractivity contribution is 6.05. The van der Waals surface area contributed by atoms with Crippen LogP contribution < -0.4 is 23.8 Å². The van der Waals surface area contributed by atoms with Gasteiger partial charge in [-0.2, -0.15) is 0 Å². The highest BCUT2D eigenvalue weighted by atomic mass is 16.7. The van der Waals surface area contributed by atoms with Crippen LogP contribution in [0.2, 0.25) is 0 Å². The Balaban J connectivity index is 1.98. The van der Waals surface area contributed by atoms with Crippen molar-refractivity contribution in [1.29, 1.82) is 0 Å². The third kappa shape index (κ3) is 3.89. The number of carbonyl (C=O) groups excluding carboxylic acids is 1. The van der Waals surface area contributed by atoms with Gasteiger partial charge in [-0.15, -0.1) is 0 Å². The smallest absolute Gasteiger partial charge is 0.231 e. The summed E-state index contributed by atoms with van der Waals surface area (Å²) in [5.41, 5.74) is 4.19. The summed E-state index contributed by atoms with van der Waals surface area (Å²) in [7, 11) is 7.17. The molecule has 1 aliphatic rings. The van der Waals surface area contributed by atoms with Crippen molar-refractivity contribution in [2.45, 2.75) is 6.92 Å². The van der Waals surface area contributed by atoms with Crippen LogP contribution in [0.4, 0.5) is 5.69 Å². The van der Waals surface area contributed by atoms with Crippen LogP contribution in [0.15, 0.2) is 30.5 Å². The van der Waals surface area contributed by atoms with E-state index < -0.39 is 0 Å². The molecule has 0 atom stereocenters. The summed E-state index contributed by atoms with van der Waals surface area (Å²) in [5.74, 6) is 2.54. The standard InChI is InChI=1S/C24H27N3O5/c1-15-8-20(29-4)21(30-5)9-16(15)18-12-25-19-11-23-22(31-14-32-23)10-17(19)24(18)27(13-28)7-6-26(2)3/h8-13H,6-7,14H2,1-5H3. The minimum Gasteiger partial charge on any atom is -0.493 e. The van der Waals surface area contributed by atoms with Gasteiger partial charge in [0, 0.05) is 36.3 Å². The normalized spacial score (nSPS) is 12.3. The summed E-state index contributed by atoms with van der Waals surface area (Å²) in [6.45, 7) is 3.39. The van der Waals surface area contributed by atoms with Crippen LogP contribution in [-0.4, -0.2) is 64.5 Å². The van der Waals surface area contributed by atoms with Gasteiger partial charge in [-0.25, -0.2) is 0 Å². The fourth-order valence-corrected chi connectivity index (χ4v) is 3.87. The van der Waals surface area contributed by atoms with Crippen LogP contribution in [-0.2, 0) is 4.79 Å². The zero-order valence-corrected chi connectivity index (χ0v) is 19.0. The largest absolute Gasteiger partial charge is 0.493 e. The van der Waals surface area contributed by atoms with Gasteiger partial charge in [-0.1, -0.05) is 0 Å². The predicted octanol–water partition coefficient (Wildman–Crippen LogP) is 3.48.